The molecule has 0 atom stereocenters. The summed E-state index contributed by atoms with van der Waals surface area (Å²) in [7, 11) is 0. The zero-order chi connectivity index (χ0) is 23.2. The van der Waals surface area contributed by atoms with Crippen molar-refractivity contribution in [3.05, 3.63) is 108 Å². The molecule has 0 bridgehead atoms. The van der Waals surface area contributed by atoms with Crippen LogP contribution in [0.1, 0.15) is 16.7 Å². The van der Waals surface area contributed by atoms with E-state index in [2.05, 4.69) is 93.6 Å². The van der Waals surface area contributed by atoms with Crippen molar-refractivity contribution in [3.63, 3.8) is 0 Å². The fraction of sp³-hybridized carbons (Fsp3) is 0.100. The molecule has 0 N–H and O–H groups in total. The standard InChI is InChI=1S/3C10H8N.Al/c3*1-8-6-7-11-10-5-3-2-4-9(8)10;/h3*2-4,6-7H,1H3;. The Bertz CT molecular complexity index is 1500. The van der Waals surface area contributed by atoms with E-state index in [4.69, 9.17) is 15.0 Å². The van der Waals surface area contributed by atoms with Crippen LogP contribution in [-0.4, -0.2) is 29.1 Å². The maximum absolute atomic E-state index is 4.90. The lowest BCUT2D eigenvalue weighted by Gasteiger charge is -2.19. The van der Waals surface area contributed by atoms with Crippen LogP contribution in [0.2, 0.25) is 0 Å². The number of benzene rings is 3. The minimum atomic E-state index is -2.01. The van der Waals surface area contributed by atoms with E-state index in [1.165, 1.54) is 46.1 Å². The predicted octanol–water partition coefficient (Wildman–Crippen LogP) is 4.77. The number of pyridine rings is 3. The van der Waals surface area contributed by atoms with Gasteiger partial charge in [-0.1, -0.05) is 67.9 Å². The van der Waals surface area contributed by atoms with Crippen LogP contribution in [0.4, 0.5) is 0 Å². The van der Waals surface area contributed by atoms with Gasteiger partial charge in [-0.25, -0.2) is 0 Å². The van der Waals surface area contributed by atoms with Crippen LogP contribution in [0, 0.1) is 20.8 Å². The molecule has 162 valence electrons. The fourth-order valence-corrected chi connectivity index (χ4v) is 8.64. The second-order valence-corrected chi connectivity index (χ2v) is 11.8. The molecular weight excluding hydrogens is 429 g/mol. The van der Waals surface area contributed by atoms with Crippen molar-refractivity contribution in [2.45, 2.75) is 20.8 Å². The molecule has 0 spiro atoms. The number of aryl methyl sites for hydroxylation is 3. The molecule has 6 rings (SSSR count). The van der Waals surface area contributed by atoms with E-state index in [0.717, 1.165) is 16.6 Å². The van der Waals surface area contributed by atoms with E-state index < -0.39 is 14.1 Å². The van der Waals surface area contributed by atoms with Crippen molar-refractivity contribution in [1.29, 1.82) is 0 Å². The monoisotopic (exact) mass is 453 g/mol. The van der Waals surface area contributed by atoms with Gasteiger partial charge in [0.2, 0.25) is 0 Å². The molecule has 0 amide bonds. The van der Waals surface area contributed by atoms with Crippen LogP contribution >= 0.6 is 0 Å². The van der Waals surface area contributed by atoms with Crippen LogP contribution in [-0.2, 0) is 0 Å². The third kappa shape index (κ3) is 3.30. The minimum Gasteiger partial charge on any atom is -0.257 e. The van der Waals surface area contributed by atoms with Gasteiger partial charge in [0.05, 0.1) is 16.6 Å². The molecule has 3 heterocycles. The molecule has 0 aliphatic carbocycles. The molecule has 34 heavy (non-hydrogen) atoms. The van der Waals surface area contributed by atoms with E-state index >= 15 is 0 Å². The van der Waals surface area contributed by atoms with Crippen molar-refractivity contribution in [2.24, 2.45) is 0 Å². The van der Waals surface area contributed by atoms with Crippen molar-refractivity contribution in [2.75, 3.05) is 0 Å². The lowest BCUT2D eigenvalue weighted by Crippen LogP contribution is -2.53. The Morgan fingerprint density at radius 2 is 0.765 bits per heavy atom. The lowest BCUT2D eigenvalue weighted by atomic mass is 10.1. The van der Waals surface area contributed by atoms with Gasteiger partial charge in [0, 0.05) is 34.7 Å². The van der Waals surface area contributed by atoms with E-state index in [-0.39, 0.29) is 0 Å². The molecule has 0 saturated heterocycles. The number of hydrogen-bond donors (Lipinski definition) is 0. The van der Waals surface area contributed by atoms with E-state index in [1.54, 1.807) is 0 Å². The average molecular weight is 454 g/mol. The molecule has 3 nitrogen and oxygen atoms in total. The lowest BCUT2D eigenvalue weighted by molar-refractivity contribution is 1.37. The molecule has 0 aliphatic heterocycles. The van der Waals surface area contributed by atoms with E-state index in [0.29, 0.717) is 0 Å². The predicted molar refractivity (Wildman–Crippen MR) is 144 cm³/mol. The largest absolute Gasteiger partial charge is 0.393 e. The number of fused-ring (bicyclic) bond motifs is 3. The van der Waals surface area contributed by atoms with Gasteiger partial charge in [0.1, 0.15) is 0 Å². The van der Waals surface area contributed by atoms with Crippen LogP contribution in [0.15, 0.2) is 91.4 Å². The van der Waals surface area contributed by atoms with Crippen LogP contribution < -0.4 is 13.3 Å². The van der Waals surface area contributed by atoms with E-state index in [1.807, 2.05) is 18.6 Å². The van der Waals surface area contributed by atoms with Gasteiger partial charge in [-0.15, -0.1) is 0 Å². The van der Waals surface area contributed by atoms with Gasteiger partial charge in [0.15, 0.2) is 0 Å². The molecule has 0 fully saturated rings. The Morgan fingerprint density at radius 1 is 0.441 bits per heavy atom. The van der Waals surface area contributed by atoms with Gasteiger partial charge in [0.25, 0.3) is 0 Å². The van der Waals surface area contributed by atoms with Crippen molar-refractivity contribution in [3.8, 4) is 0 Å². The van der Waals surface area contributed by atoms with E-state index in [9.17, 15) is 0 Å². The average Bonchev–Trinajstić information content (AvgIpc) is 2.86. The van der Waals surface area contributed by atoms with Crippen LogP contribution in [0.5, 0.6) is 0 Å². The topological polar surface area (TPSA) is 38.7 Å². The number of para-hydroxylation sites is 3. The van der Waals surface area contributed by atoms with Gasteiger partial charge < -0.3 is 0 Å². The highest BCUT2D eigenvalue weighted by atomic mass is 27.2. The van der Waals surface area contributed by atoms with Gasteiger partial charge >= 0.3 is 14.1 Å². The van der Waals surface area contributed by atoms with Crippen molar-refractivity contribution in [1.82, 2.24) is 15.0 Å². The van der Waals surface area contributed by atoms with Gasteiger partial charge in [-0.05, 0) is 55.7 Å². The Hall–Kier alpha value is -3.58. The van der Waals surface area contributed by atoms with Gasteiger partial charge in [-0.3, -0.25) is 15.0 Å². The third-order valence-electron chi connectivity index (χ3n) is 6.99. The summed E-state index contributed by atoms with van der Waals surface area (Å²) in [5.74, 6) is 0. The molecule has 4 heteroatoms. The Kier molecular flexibility index (Phi) is 5.14. The smallest absolute Gasteiger partial charge is 0.257 e. The zero-order valence-electron chi connectivity index (χ0n) is 19.6. The minimum absolute atomic E-state index is 1.09. The Morgan fingerprint density at radius 3 is 1.09 bits per heavy atom. The van der Waals surface area contributed by atoms with Crippen LogP contribution in [0.25, 0.3) is 32.7 Å². The first-order valence-corrected chi connectivity index (χ1v) is 13.4. The van der Waals surface area contributed by atoms with Crippen LogP contribution in [0.3, 0.4) is 0 Å². The Labute approximate surface area is 203 Å². The maximum atomic E-state index is 4.90. The first-order chi connectivity index (χ1) is 16.6. The summed E-state index contributed by atoms with van der Waals surface area (Å²) in [5.41, 5.74) is 7.02. The van der Waals surface area contributed by atoms with Gasteiger partial charge in [-0.2, -0.15) is 0 Å². The summed E-state index contributed by atoms with van der Waals surface area (Å²) in [6.45, 7) is 6.49. The number of hydrogen-bond acceptors (Lipinski definition) is 3. The first-order valence-electron chi connectivity index (χ1n) is 11.7. The zero-order valence-corrected chi connectivity index (χ0v) is 20.7. The molecule has 0 unspecified atom stereocenters. The SMILES string of the molecule is Cc1ccnc2[c]([Al]([c]3cccc4c(C)ccnc34)[c]3cccc4c(C)ccnc34)cccc12. The summed E-state index contributed by atoms with van der Waals surface area (Å²) in [6, 6.07) is 26.2. The maximum Gasteiger partial charge on any atom is 0.393 e. The fourth-order valence-electron chi connectivity index (χ4n) is 5.21. The summed E-state index contributed by atoms with van der Waals surface area (Å²) >= 11 is -2.01. The summed E-state index contributed by atoms with van der Waals surface area (Å²) in [5, 5.41) is 3.64. The normalized spacial score (nSPS) is 11.4. The summed E-state index contributed by atoms with van der Waals surface area (Å²) in [6.07, 6.45) is 5.80. The molecule has 0 aliphatic rings. The molecular formula is C30H24AlN3. The first kappa shape index (κ1) is 21.0. The molecule has 3 aromatic heterocycles. The number of nitrogens with zero attached hydrogens (tertiary/aromatic N) is 3. The highest BCUT2D eigenvalue weighted by Gasteiger charge is 2.32. The molecule has 0 radical (unpaired) electrons. The Balaban J connectivity index is 1.77. The molecule has 6 aromatic rings. The number of aromatic nitrogens is 3. The highest BCUT2D eigenvalue weighted by Crippen LogP contribution is 2.20. The van der Waals surface area contributed by atoms with Crippen molar-refractivity contribution >= 4 is 60.1 Å². The second kappa shape index (κ2) is 8.33. The quantitative estimate of drug-likeness (QED) is 0.362. The highest BCUT2D eigenvalue weighted by molar-refractivity contribution is 6.99. The molecule has 3 aromatic carbocycles. The third-order valence-corrected chi connectivity index (χ3v) is 10.3. The number of rotatable bonds is 3. The summed E-state index contributed by atoms with van der Waals surface area (Å²) < 4.78 is 3.94. The van der Waals surface area contributed by atoms with Crippen molar-refractivity contribution < 1.29 is 0 Å². The second-order valence-electron chi connectivity index (χ2n) is 9.05. The molecule has 0 saturated carbocycles. The summed E-state index contributed by atoms with van der Waals surface area (Å²) in [4.78, 5) is 14.7.